The lowest BCUT2D eigenvalue weighted by molar-refractivity contribution is 0.109. The fourth-order valence-corrected chi connectivity index (χ4v) is 2.90. The summed E-state index contributed by atoms with van der Waals surface area (Å²) in [7, 11) is 1.77. The molecule has 2 heterocycles. The van der Waals surface area contributed by atoms with E-state index in [4.69, 9.17) is 4.74 Å². The van der Waals surface area contributed by atoms with Crippen molar-refractivity contribution < 1.29 is 4.74 Å². The smallest absolute Gasteiger partial charge is 0.167 e. The molecule has 1 fully saturated rings. The first-order valence-corrected chi connectivity index (χ1v) is 7.63. The molecular formula is C17H22N4O. The van der Waals surface area contributed by atoms with Crippen molar-refractivity contribution in [1.29, 1.82) is 0 Å². The van der Waals surface area contributed by atoms with Crippen LogP contribution in [-0.2, 0) is 4.74 Å². The normalized spacial score (nSPS) is 22.6. The topological polar surface area (TPSA) is 54.0 Å². The third kappa shape index (κ3) is 3.43. The number of nitrogens with zero attached hydrogens (tertiary/aromatic N) is 3. The highest BCUT2D eigenvalue weighted by Crippen LogP contribution is 2.31. The van der Waals surface area contributed by atoms with Crippen molar-refractivity contribution in [3.8, 4) is 0 Å². The van der Waals surface area contributed by atoms with Crippen molar-refractivity contribution in [2.75, 3.05) is 20.2 Å². The number of hydrogen-bond donors (Lipinski definition) is 1. The molecule has 0 amide bonds. The van der Waals surface area contributed by atoms with Crippen LogP contribution in [0.4, 0.5) is 0 Å². The van der Waals surface area contributed by atoms with Crippen LogP contribution in [0.15, 0.2) is 36.4 Å². The maximum absolute atomic E-state index is 5.53. The van der Waals surface area contributed by atoms with Gasteiger partial charge in [0, 0.05) is 20.2 Å². The number of aromatic nitrogens is 3. The van der Waals surface area contributed by atoms with Gasteiger partial charge in [0.2, 0.25) is 0 Å². The molecule has 22 heavy (non-hydrogen) atoms. The zero-order chi connectivity index (χ0) is 15.4. The van der Waals surface area contributed by atoms with E-state index in [9.17, 15) is 0 Å². The third-order valence-corrected chi connectivity index (χ3v) is 4.06. The highest BCUT2D eigenvalue weighted by Gasteiger charge is 2.34. The number of likely N-dealkylation sites (tertiary alicyclic amines) is 1. The second kappa shape index (κ2) is 6.85. The van der Waals surface area contributed by atoms with Crippen LogP contribution in [0.5, 0.6) is 0 Å². The molecular weight excluding hydrogens is 276 g/mol. The molecule has 1 aromatic carbocycles. The van der Waals surface area contributed by atoms with Gasteiger partial charge in [-0.15, -0.1) is 0 Å². The SMILES string of the molecule is CO[C@@H]1C[C@@H](c2n[nH]c(C)n2)N(C/C=C/c2ccccc2)C1. The second-order valence-electron chi connectivity index (χ2n) is 5.66. The zero-order valence-electron chi connectivity index (χ0n) is 13.1. The molecule has 2 atom stereocenters. The summed E-state index contributed by atoms with van der Waals surface area (Å²) in [6.45, 7) is 3.71. The molecule has 116 valence electrons. The van der Waals surface area contributed by atoms with Crippen LogP contribution in [0.2, 0.25) is 0 Å². The Morgan fingerprint density at radius 2 is 2.18 bits per heavy atom. The largest absolute Gasteiger partial charge is 0.380 e. The van der Waals surface area contributed by atoms with E-state index in [1.54, 1.807) is 7.11 Å². The van der Waals surface area contributed by atoms with Crippen molar-refractivity contribution in [3.63, 3.8) is 0 Å². The van der Waals surface area contributed by atoms with E-state index >= 15 is 0 Å². The molecule has 5 nitrogen and oxygen atoms in total. The monoisotopic (exact) mass is 298 g/mol. The predicted octanol–water partition coefficient (Wildman–Crippen LogP) is 2.59. The van der Waals surface area contributed by atoms with Crippen molar-refractivity contribution in [2.24, 2.45) is 0 Å². The number of H-pyrrole nitrogens is 1. The maximum Gasteiger partial charge on any atom is 0.167 e. The molecule has 0 bridgehead atoms. The number of rotatable bonds is 5. The van der Waals surface area contributed by atoms with E-state index in [2.05, 4.69) is 56.5 Å². The molecule has 0 spiro atoms. The number of aryl methyl sites for hydroxylation is 1. The number of ether oxygens (including phenoxy) is 1. The molecule has 0 aliphatic carbocycles. The Morgan fingerprint density at radius 1 is 1.36 bits per heavy atom. The summed E-state index contributed by atoms with van der Waals surface area (Å²) < 4.78 is 5.53. The molecule has 5 heteroatoms. The van der Waals surface area contributed by atoms with Crippen LogP contribution < -0.4 is 0 Å². The summed E-state index contributed by atoms with van der Waals surface area (Å²) in [5.74, 6) is 1.72. The molecule has 3 rings (SSSR count). The Kier molecular flexibility index (Phi) is 4.65. The van der Waals surface area contributed by atoms with Crippen molar-refractivity contribution in [3.05, 3.63) is 53.6 Å². The van der Waals surface area contributed by atoms with Gasteiger partial charge < -0.3 is 4.74 Å². The third-order valence-electron chi connectivity index (χ3n) is 4.06. The summed E-state index contributed by atoms with van der Waals surface area (Å²) in [5, 5.41) is 7.26. The lowest BCUT2D eigenvalue weighted by Crippen LogP contribution is -2.25. The van der Waals surface area contributed by atoms with E-state index < -0.39 is 0 Å². The van der Waals surface area contributed by atoms with Crippen LogP contribution in [0.25, 0.3) is 6.08 Å². The summed E-state index contributed by atoms with van der Waals surface area (Å²) in [6.07, 6.45) is 5.53. The molecule has 1 N–H and O–H groups in total. The number of aromatic amines is 1. The Morgan fingerprint density at radius 3 is 2.86 bits per heavy atom. The molecule has 1 aliphatic heterocycles. The van der Waals surface area contributed by atoms with Gasteiger partial charge in [0.1, 0.15) is 5.82 Å². The summed E-state index contributed by atoms with van der Waals surface area (Å²) in [6, 6.07) is 10.6. The van der Waals surface area contributed by atoms with Crippen molar-refractivity contribution >= 4 is 6.08 Å². The lowest BCUT2D eigenvalue weighted by atomic mass is 10.2. The van der Waals surface area contributed by atoms with Crippen LogP contribution >= 0.6 is 0 Å². The first kappa shape index (κ1) is 14.9. The van der Waals surface area contributed by atoms with Gasteiger partial charge in [-0.3, -0.25) is 10.00 Å². The standard InChI is InChI=1S/C17H22N4O/c1-13-18-17(20-19-13)16-11-15(22-2)12-21(16)10-6-9-14-7-4-3-5-8-14/h3-9,15-16H,10-12H2,1-2H3,(H,18,19,20)/b9-6+/t15-,16+/m1/s1. The molecule has 0 radical (unpaired) electrons. The highest BCUT2D eigenvalue weighted by atomic mass is 16.5. The second-order valence-corrected chi connectivity index (χ2v) is 5.66. The van der Waals surface area contributed by atoms with Gasteiger partial charge in [-0.25, -0.2) is 4.98 Å². The van der Waals surface area contributed by atoms with E-state index in [0.717, 1.165) is 31.2 Å². The van der Waals surface area contributed by atoms with Crippen molar-refractivity contribution in [1.82, 2.24) is 20.1 Å². The first-order chi connectivity index (χ1) is 10.8. The van der Waals surface area contributed by atoms with Crippen LogP contribution in [0.1, 0.15) is 29.7 Å². The van der Waals surface area contributed by atoms with E-state index in [-0.39, 0.29) is 12.1 Å². The Balaban J connectivity index is 1.68. The number of methoxy groups -OCH3 is 1. The van der Waals surface area contributed by atoms with Gasteiger partial charge in [0.15, 0.2) is 5.82 Å². The fraction of sp³-hybridized carbons (Fsp3) is 0.412. The van der Waals surface area contributed by atoms with Gasteiger partial charge >= 0.3 is 0 Å². The lowest BCUT2D eigenvalue weighted by Gasteiger charge is -2.19. The van der Waals surface area contributed by atoms with E-state index in [1.807, 2.05) is 13.0 Å². The minimum absolute atomic E-state index is 0.218. The van der Waals surface area contributed by atoms with Gasteiger partial charge in [0.05, 0.1) is 12.1 Å². The summed E-state index contributed by atoms with van der Waals surface area (Å²) in [4.78, 5) is 6.86. The molecule has 0 saturated carbocycles. The Labute approximate surface area is 131 Å². The fourth-order valence-electron chi connectivity index (χ4n) is 2.90. The van der Waals surface area contributed by atoms with Gasteiger partial charge in [-0.2, -0.15) is 5.10 Å². The van der Waals surface area contributed by atoms with E-state index in [1.165, 1.54) is 5.56 Å². The zero-order valence-corrected chi connectivity index (χ0v) is 13.1. The summed E-state index contributed by atoms with van der Waals surface area (Å²) in [5.41, 5.74) is 1.22. The minimum Gasteiger partial charge on any atom is -0.380 e. The molecule has 1 saturated heterocycles. The van der Waals surface area contributed by atoms with Gasteiger partial charge in [-0.1, -0.05) is 42.5 Å². The van der Waals surface area contributed by atoms with Gasteiger partial charge in [-0.05, 0) is 18.9 Å². The molecule has 0 unspecified atom stereocenters. The molecule has 2 aromatic rings. The Hall–Kier alpha value is -1.98. The van der Waals surface area contributed by atoms with Crippen LogP contribution in [-0.4, -0.2) is 46.4 Å². The Bertz CT molecular complexity index is 623. The van der Waals surface area contributed by atoms with Crippen molar-refractivity contribution in [2.45, 2.75) is 25.5 Å². The number of benzene rings is 1. The minimum atomic E-state index is 0.218. The number of hydrogen-bond acceptors (Lipinski definition) is 4. The highest BCUT2D eigenvalue weighted by molar-refractivity contribution is 5.48. The molecule has 1 aromatic heterocycles. The van der Waals surface area contributed by atoms with Crippen LogP contribution in [0, 0.1) is 6.92 Å². The van der Waals surface area contributed by atoms with Gasteiger partial charge in [0.25, 0.3) is 0 Å². The average Bonchev–Trinajstić information content (AvgIpc) is 3.14. The average molecular weight is 298 g/mol. The number of nitrogens with one attached hydrogen (secondary N) is 1. The first-order valence-electron chi connectivity index (χ1n) is 7.63. The molecule has 1 aliphatic rings. The maximum atomic E-state index is 5.53. The predicted molar refractivity (Wildman–Crippen MR) is 86.3 cm³/mol. The quantitative estimate of drug-likeness (QED) is 0.922. The van der Waals surface area contributed by atoms with Crippen LogP contribution in [0.3, 0.4) is 0 Å². The van der Waals surface area contributed by atoms with E-state index in [0.29, 0.717) is 0 Å². The summed E-state index contributed by atoms with van der Waals surface area (Å²) >= 11 is 0.